The lowest BCUT2D eigenvalue weighted by molar-refractivity contribution is 0.416. The predicted octanol–water partition coefficient (Wildman–Crippen LogP) is 4.14. The Morgan fingerprint density at radius 2 is 1.70 bits per heavy atom. The number of aryl methyl sites for hydroxylation is 2. The number of nitrogens with zero attached hydrogens (tertiary/aromatic N) is 3. The summed E-state index contributed by atoms with van der Waals surface area (Å²) in [7, 11) is 1.66. The summed E-state index contributed by atoms with van der Waals surface area (Å²) in [5.41, 5.74) is 2.78. The van der Waals surface area contributed by atoms with Gasteiger partial charge in [0.2, 0.25) is 0 Å². The van der Waals surface area contributed by atoms with Crippen LogP contribution in [0, 0.1) is 13.8 Å². The summed E-state index contributed by atoms with van der Waals surface area (Å²) in [5, 5.41) is 0. The van der Waals surface area contributed by atoms with Crippen molar-refractivity contribution >= 4 is 11.5 Å². The van der Waals surface area contributed by atoms with E-state index in [-0.39, 0.29) is 0 Å². The molecule has 0 fully saturated rings. The molecule has 23 heavy (non-hydrogen) atoms. The van der Waals surface area contributed by atoms with Gasteiger partial charge in [-0.15, -0.1) is 0 Å². The summed E-state index contributed by atoms with van der Waals surface area (Å²) in [5.74, 6) is 2.48. The molecule has 0 amide bonds. The Hall–Kier alpha value is -2.88. The molecule has 0 unspecified atom stereocenters. The zero-order valence-electron chi connectivity index (χ0n) is 13.5. The fourth-order valence-electron chi connectivity index (χ4n) is 2.51. The van der Waals surface area contributed by atoms with E-state index in [0.717, 1.165) is 34.4 Å². The number of aliphatic imine (C=N–C) groups is 1. The van der Waals surface area contributed by atoms with Crippen molar-refractivity contribution in [2.75, 3.05) is 7.11 Å². The molecule has 1 aromatic heterocycles. The maximum atomic E-state index is 5.42. The normalized spacial score (nSPS) is 11.5. The highest BCUT2D eigenvalue weighted by atomic mass is 16.5. The van der Waals surface area contributed by atoms with Gasteiger partial charge in [0.15, 0.2) is 0 Å². The van der Waals surface area contributed by atoms with E-state index in [1.807, 2.05) is 79.2 Å². The molecule has 0 bridgehead atoms. The van der Waals surface area contributed by atoms with Gasteiger partial charge in [-0.3, -0.25) is 4.57 Å². The molecule has 1 heterocycles. The molecule has 0 aliphatic heterocycles. The van der Waals surface area contributed by atoms with E-state index in [1.165, 1.54) is 0 Å². The first-order chi connectivity index (χ1) is 11.2. The van der Waals surface area contributed by atoms with Gasteiger partial charge in [0.25, 0.3) is 0 Å². The molecule has 2 aromatic carbocycles. The van der Waals surface area contributed by atoms with Crippen LogP contribution < -0.4 is 4.74 Å². The van der Waals surface area contributed by atoms with Crippen LogP contribution >= 0.6 is 0 Å². The van der Waals surface area contributed by atoms with Gasteiger partial charge in [-0.2, -0.15) is 0 Å². The second kappa shape index (κ2) is 6.48. The lowest BCUT2D eigenvalue weighted by Gasteiger charge is -2.11. The van der Waals surface area contributed by atoms with Crippen LogP contribution in [0.4, 0.5) is 5.69 Å². The van der Waals surface area contributed by atoms with Gasteiger partial charge < -0.3 is 4.74 Å². The van der Waals surface area contributed by atoms with Crippen molar-refractivity contribution in [1.82, 2.24) is 9.55 Å². The van der Waals surface area contributed by atoms with Gasteiger partial charge in [0, 0.05) is 11.8 Å². The number of para-hydroxylation sites is 2. The smallest absolute Gasteiger partial charge is 0.146 e. The van der Waals surface area contributed by atoms with Crippen LogP contribution in [0.25, 0.3) is 0 Å². The van der Waals surface area contributed by atoms with Gasteiger partial charge in [0.05, 0.1) is 12.8 Å². The molecule has 0 aliphatic carbocycles. The number of imidazole rings is 1. The minimum Gasteiger partial charge on any atom is -0.494 e. The second-order valence-corrected chi connectivity index (χ2v) is 5.27. The molecule has 0 N–H and O–H groups in total. The quantitative estimate of drug-likeness (QED) is 0.539. The minimum absolute atomic E-state index is 0.746. The zero-order chi connectivity index (χ0) is 16.2. The van der Waals surface area contributed by atoms with Crippen molar-refractivity contribution in [1.29, 1.82) is 0 Å². The van der Waals surface area contributed by atoms with Crippen LogP contribution in [0.3, 0.4) is 0 Å². The molecule has 0 aliphatic rings. The standard InChI is InChI=1S/C19H19N3O/c1-14-13-22(15(2)20-14)19(16-9-5-4-6-10-16)21-17-11-7-8-12-18(17)23-3/h4-13H,1-3H3. The summed E-state index contributed by atoms with van der Waals surface area (Å²) >= 11 is 0. The molecule has 0 spiro atoms. The number of aromatic nitrogens is 2. The topological polar surface area (TPSA) is 39.4 Å². The van der Waals surface area contributed by atoms with Gasteiger partial charge in [-0.05, 0) is 26.0 Å². The van der Waals surface area contributed by atoms with Gasteiger partial charge in [-0.1, -0.05) is 42.5 Å². The number of methoxy groups -OCH3 is 1. The second-order valence-electron chi connectivity index (χ2n) is 5.27. The highest BCUT2D eigenvalue weighted by molar-refractivity contribution is 6.02. The summed E-state index contributed by atoms with van der Waals surface area (Å²) in [6, 6.07) is 17.8. The molecule has 0 atom stereocenters. The Kier molecular flexibility index (Phi) is 4.24. The lowest BCUT2D eigenvalue weighted by Crippen LogP contribution is -2.14. The van der Waals surface area contributed by atoms with E-state index in [0.29, 0.717) is 0 Å². The number of benzene rings is 2. The first-order valence-corrected chi connectivity index (χ1v) is 7.49. The summed E-state index contributed by atoms with van der Waals surface area (Å²) in [6.07, 6.45) is 2.00. The molecule has 3 rings (SSSR count). The first kappa shape index (κ1) is 15.0. The Morgan fingerprint density at radius 1 is 1.00 bits per heavy atom. The zero-order valence-corrected chi connectivity index (χ0v) is 13.5. The highest BCUT2D eigenvalue weighted by Crippen LogP contribution is 2.27. The fraction of sp³-hybridized carbons (Fsp3) is 0.158. The third kappa shape index (κ3) is 3.16. The average Bonchev–Trinajstić information content (AvgIpc) is 2.92. The number of rotatable bonds is 3. The monoisotopic (exact) mass is 305 g/mol. The summed E-state index contributed by atoms with van der Waals surface area (Å²) < 4.78 is 7.43. The Labute approximate surface area is 136 Å². The van der Waals surface area contributed by atoms with Crippen LogP contribution in [-0.2, 0) is 0 Å². The third-order valence-corrected chi connectivity index (χ3v) is 3.57. The van der Waals surface area contributed by atoms with Crippen molar-refractivity contribution in [3.8, 4) is 5.75 Å². The number of hydrogen-bond donors (Lipinski definition) is 0. The van der Waals surface area contributed by atoms with E-state index in [1.54, 1.807) is 7.11 Å². The van der Waals surface area contributed by atoms with Gasteiger partial charge >= 0.3 is 0 Å². The highest BCUT2D eigenvalue weighted by Gasteiger charge is 2.12. The third-order valence-electron chi connectivity index (χ3n) is 3.57. The molecular formula is C19H19N3O. The molecule has 116 valence electrons. The molecule has 0 saturated carbocycles. The molecule has 4 heteroatoms. The van der Waals surface area contributed by atoms with Crippen molar-refractivity contribution < 1.29 is 4.74 Å². The van der Waals surface area contributed by atoms with Crippen LogP contribution in [-0.4, -0.2) is 22.5 Å². The summed E-state index contributed by atoms with van der Waals surface area (Å²) in [6.45, 7) is 3.96. The molecule has 3 aromatic rings. The van der Waals surface area contributed by atoms with Crippen molar-refractivity contribution in [2.24, 2.45) is 4.99 Å². The molecule has 4 nitrogen and oxygen atoms in total. The van der Waals surface area contributed by atoms with E-state index in [9.17, 15) is 0 Å². The van der Waals surface area contributed by atoms with E-state index in [4.69, 9.17) is 9.73 Å². The van der Waals surface area contributed by atoms with E-state index < -0.39 is 0 Å². The number of ether oxygens (including phenoxy) is 1. The fourth-order valence-corrected chi connectivity index (χ4v) is 2.51. The Morgan fingerprint density at radius 3 is 2.35 bits per heavy atom. The average molecular weight is 305 g/mol. The molecular weight excluding hydrogens is 286 g/mol. The van der Waals surface area contributed by atoms with Gasteiger partial charge in [-0.25, -0.2) is 9.98 Å². The Bertz CT molecular complexity index is 835. The minimum atomic E-state index is 0.746. The maximum absolute atomic E-state index is 5.42. The van der Waals surface area contributed by atoms with E-state index in [2.05, 4.69) is 4.98 Å². The molecule has 0 radical (unpaired) electrons. The first-order valence-electron chi connectivity index (χ1n) is 7.49. The van der Waals surface area contributed by atoms with Crippen LogP contribution in [0.15, 0.2) is 65.8 Å². The van der Waals surface area contributed by atoms with Crippen molar-refractivity contribution in [2.45, 2.75) is 13.8 Å². The van der Waals surface area contributed by atoms with Crippen molar-refractivity contribution in [3.05, 3.63) is 77.9 Å². The SMILES string of the molecule is COc1ccccc1N=C(c1ccccc1)n1cc(C)nc1C. The maximum Gasteiger partial charge on any atom is 0.146 e. The number of hydrogen-bond acceptors (Lipinski definition) is 3. The lowest BCUT2D eigenvalue weighted by atomic mass is 10.2. The van der Waals surface area contributed by atoms with Crippen LogP contribution in [0.5, 0.6) is 5.75 Å². The molecule has 0 saturated heterocycles. The van der Waals surface area contributed by atoms with Crippen molar-refractivity contribution in [3.63, 3.8) is 0 Å². The van der Waals surface area contributed by atoms with Crippen LogP contribution in [0.1, 0.15) is 17.1 Å². The summed E-state index contributed by atoms with van der Waals surface area (Å²) in [4.78, 5) is 9.35. The van der Waals surface area contributed by atoms with Gasteiger partial charge in [0.1, 0.15) is 23.1 Å². The van der Waals surface area contributed by atoms with E-state index >= 15 is 0 Å². The predicted molar refractivity (Wildman–Crippen MR) is 92.7 cm³/mol. The largest absolute Gasteiger partial charge is 0.494 e. The Balaban J connectivity index is 2.20. The van der Waals surface area contributed by atoms with Crippen LogP contribution in [0.2, 0.25) is 0 Å².